The van der Waals surface area contributed by atoms with Crippen molar-refractivity contribution >= 4 is 34.7 Å². The maximum absolute atomic E-state index is 13.3. The summed E-state index contributed by atoms with van der Waals surface area (Å²) in [5.74, 6) is -1.26. The molecule has 3 aromatic rings. The summed E-state index contributed by atoms with van der Waals surface area (Å²) in [5.41, 5.74) is 0.914. The van der Waals surface area contributed by atoms with Gasteiger partial charge in [-0.3, -0.25) is 19.5 Å². The fourth-order valence-corrected chi connectivity index (χ4v) is 4.18. The zero-order valence-corrected chi connectivity index (χ0v) is 19.4. The Morgan fingerprint density at radius 3 is 2.32 bits per heavy atom. The molecule has 9 heteroatoms. The summed E-state index contributed by atoms with van der Waals surface area (Å²) in [4.78, 5) is 32.1. The number of anilines is 1. The minimum absolute atomic E-state index is 0.133. The van der Waals surface area contributed by atoms with Crippen LogP contribution in [-0.4, -0.2) is 43.1 Å². The Bertz CT molecular complexity index is 1290. The number of halogens is 1. The van der Waals surface area contributed by atoms with E-state index in [1.165, 1.54) is 44.6 Å². The molecule has 2 aromatic carbocycles. The molecule has 174 valence electrons. The first-order chi connectivity index (χ1) is 16.4. The van der Waals surface area contributed by atoms with Crippen LogP contribution in [0.2, 0.25) is 5.02 Å². The van der Waals surface area contributed by atoms with E-state index in [-0.39, 0.29) is 27.7 Å². The van der Waals surface area contributed by atoms with E-state index in [9.17, 15) is 14.7 Å². The monoisotopic (exact) mass is 480 g/mol. The van der Waals surface area contributed by atoms with Crippen LogP contribution in [0.4, 0.5) is 5.69 Å². The Balaban J connectivity index is 2.01. The van der Waals surface area contributed by atoms with E-state index >= 15 is 0 Å². The van der Waals surface area contributed by atoms with Gasteiger partial charge in [-0.05, 0) is 29.8 Å². The van der Waals surface area contributed by atoms with Gasteiger partial charge in [0.25, 0.3) is 11.7 Å². The van der Waals surface area contributed by atoms with E-state index in [2.05, 4.69) is 4.98 Å². The molecule has 1 saturated heterocycles. The molecule has 1 amide bonds. The van der Waals surface area contributed by atoms with Crippen LogP contribution in [-0.2, 0) is 9.59 Å². The fourth-order valence-electron chi connectivity index (χ4n) is 3.95. The minimum atomic E-state index is -0.976. The summed E-state index contributed by atoms with van der Waals surface area (Å²) in [6.45, 7) is 0. The van der Waals surface area contributed by atoms with Crippen LogP contribution < -0.4 is 19.1 Å². The number of hydrogen-bond donors (Lipinski definition) is 1. The third-order valence-corrected chi connectivity index (χ3v) is 5.81. The highest BCUT2D eigenvalue weighted by molar-refractivity contribution is 6.52. The average Bonchev–Trinajstić information content (AvgIpc) is 3.13. The summed E-state index contributed by atoms with van der Waals surface area (Å²) >= 11 is 6.20. The number of nitrogens with zero attached hydrogens (tertiary/aromatic N) is 2. The number of ketones is 1. The van der Waals surface area contributed by atoms with Crippen LogP contribution in [0.25, 0.3) is 5.76 Å². The summed E-state index contributed by atoms with van der Waals surface area (Å²) in [6, 6.07) is 12.2. The smallest absolute Gasteiger partial charge is 0.300 e. The first kappa shape index (κ1) is 23.1. The van der Waals surface area contributed by atoms with Crippen LogP contribution in [0, 0.1) is 0 Å². The van der Waals surface area contributed by atoms with Crippen molar-refractivity contribution in [1.29, 1.82) is 0 Å². The van der Waals surface area contributed by atoms with Crippen molar-refractivity contribution in [2.45, 2.75) is 6.04 Å². The van der Waals surface area contributed by atoms with E-state index < -0.39 is 23.5 Å². The molecule has 1 fully saturated rings. The Hall–Kier alpha value is -4.04. The number of rotatable bonds is 6. The van der Waals surface area contributed by atoms with Gasteiger partial charge in [-0.25, -0.2) is 0 Å². The standard InChI is InChI=1S/C25H21ClN2O6/c1-32-18-9-5-4-8-17(18)28-22(14-7-6-10-27-13-14)21(24(30)25(28)31)23(29)15-11-20(34-3)16(26)12-19(15)33-2/h4-13,22,29H,1-3H3/b23-21+. The lowest BCUT2D eigenvalue weighted by Crippen LogP contribution is -2.29. The molecule has 0 radical (unpaired) electrons. The van der Waals surface area contributed by atoms with Gasteiger partial charge < -0.3 is 19.3 Å². The molecule has 0 spiro atoms. The van der Waals surface area contributed by atoms with Gasteiger partial charge in [0.1, 0.15) is 23.0 Å². The number of benzene rings is 2. The second-order valence-corrected chi connectivity index (χ2v) is 7.72. The molecule has 1 aromatic heterocycles. The predicted octanol–water partition coefficient (Wildman–Crippen LogP) is 4.39. The number of methoxy groups -OCH3 is 3. The number of carbonyl (C=O) groups excluding carboxylic acids is 2. The first-order valence-corrected chi connectivity index (χ1v) is 10.6. The van der Waals surface area contributed by atoms with Gasteiger partial charge in [0.05, 0.1) is 49.2 Å². The van der Waals surface area contributed by atoms with Gasteiger partial charge in [-0.1, -0.05) is 29.8 Å². The number of hydrogen-bond acceptors (Lipinski definition) is 7. The number of amides is 1. The lowest BCUT2D eigenvalue weighted by Gasteiger charge is -2.26. The fraction of sp³-hybridized carbons (Fsp3) is 0.160. The molecular weight excluding hydrogens is 460 g/mol. The molecule has 8 nitrogen and oxygen atoms in total. The summed E-state index contributed by atoms with van der Waals surface area (Å²) < 4.78 is 16.1. The van der Waals surface area contributed by atoms with Gasteiger partial charge in [0.2, 0.25) is 0 Å². The quantitative estimate of drug-likeness (QED) is 0.317. The van der Waals surface area contributed by atoms with Crippen LogP contribution in [0.3, 0.4) is 0 Å². The van der Waals surface area contributed by atoms with Gasteiger partial charge in [0, 0.05) is 18.5 Å². The molecule has 1 atom stereocenters. The van der Waals surface area contributed by atoms with Crippen molar-refractivity contribution in [3.8, 4) is 17.2 Å². The molecule has 1 aliphatic heterocycles. The van der Waals surface area contributed by atoms with Crippen molar-refractivity contribution in [2.24, 2.45) is 0 Å². The van der Waals surface area contributed by atoms with E-state index in [1.807, 2.05) is 0 Å². The Morgan fingerprint density at radius 1 is 0.971 bits per heavy atom. The molecule has 1 N–H and O–H groups in total. The number of pyridine rings is 1. The zero-order valence-electron chi connectivity index (χ0n) is 18.6. The highest BCUT2D eigenvalue weighted by Gasteiger charge is 2.48. The van der Waals surface area contributed by atoms with Gasteiger partial charge in [-0.15, -0.1) is 0 Å². The first-order valence-electron chi connectivity index (χ1n) is 10.2. The second-order valence-electron chi connectivity index (χ2n) is 7.31. The molecule has 2 heterocycles. The van der Waals surface area contributed by atoms with Crippen molar-refractivity contribution in [3.63, 3.8) is 0 Å². The Labute approximate surface area is 201 Å². The largest absolute Gasteiger partial charge is 0.507 e. The minimum Gasteiger partial charge on any atom is -0.507 e. The maximum Gasteiger partial charge on any atom is 0.300 e. The molecule has 34 heavy (non-hydrogen) atoms. The third-order valence-electron chi connectivity index (χ3n) is 5.52. The number of aliphatic hydroxyl groups is 1. The Morgan fingerprint density at radius 2 is 1.68 bits per heavy atom. The highest BCUT2D eigenvalue weighted by Crippen LogP contribution is 2.46. The summed E-state index contributed by atoms with van der Waals surface area (Å²) in [5, 5.41) is 11.7. The van der Waals surface area contributed by atoms with Crippen LogP contribution >= 0.6 is 11.6 Å². The normalized spacial score (nSPS) is 17.1. The molecule has 0 saturated carbocycles. The average molecular weight is 481 g/mol. The molecule has 1 aliphatic rings. The van der Waals surface area contributed by atoms with E-state index in [1.54, 1.807) is 42.6 Å². The maximum atomic E-state index is 13.3. The van der Waals surface area contributed by atoms with Crippen molar-refractivity contribution in [3.05, 3.63) is 82.6 Å². The summed E-state index contributed by atoms with van der Waals surface area (Å²) in [6.07, 6.45) is 3.11. The number of aliphatic hydroxyl groups excluding tert-OH is 1. The molecule has 4 rings (SSSR count). The van der Waals surface area contributed by atoms with Crippen LogP contribution in [0.15, 0.2) is 66.5 Å². The number of ether oxygens (including phenoxy) is 3. The van der Waals surface area contributed by atoms with Gasteiger partial charge in [0.15, 0.2) is 0 Å². The topological polar surface area (TPSA) is 98.2 Å². The number of aromatic nitrogens is 1. The highest BCUT2D eigenvalue weighted by atomic mass is 35.5. The SMILES string of the molecule is COc1cc(/C(O)=C2\C(=O)C(=O)N(c3ccccc3OC)C2c2cccnc2)c(OC)cc1Cl. The van der Waals surface area contributed by atoms with E-state index in [4.69, 9.17) is 25.8 Å². The third kappa shape index (κ3) is 3.82. The predicted molar refractivity (Wildman–Crippen MR) is 127 cm³/mol. The molecular formula is C25H21ClN2O6. The zero-order chi connectivity index (χ0) is 24.4. The lowest BCUT2D eigenvalue weighted by atomic mass is 9.95. The number of carbonyl (C=O) groups is 2. The molecule has 0 aliphatic carbocycles. The van der Waals surface area contributed by atoms with Crippen molar-refractivity contribution in [2.75, 3.05) is 26.2 Å². The van der Waals surface area contributed by atoms with Gasteiger partial charge in [-0.2, -0.15) is 0 Å². The lowest BCUT2D eigenvalue weighted by molar-refractivity contribution is -0.132. The van der Waals surface area contributed by atoms with Crippen LogP contribution in [0.5, 0.6) is 17.2 Å². The van der Waals surface area contributed by atoms with E-state index in [0.717, 1.165) is 0 Å². The van der Waals surface area contributed by atoms with E-state index in [0.29, 0.717) is 17.0 Å². The number of para-hydroxylation sites is 2. The van der Waals surface area contributed by atoms with Crippen molar-refractivity contribution < 1.29 is 28.9 Å². The number of Topliss-reactive ketones (excluding diaryl/α,β-unsaturated/α-hetero) is 1. The summed E-state index contributed by atoms with van der Waals surface area (Å²) in [7, 11) is 4.30. The molecule has 0 bridgehead atoms. The van der Waals surface area contributed by atoms with Crippen molar-refractivity contribution in [1.82, 2.24) is 4.98 Å². The van der Waals surface area contributed by atoms with Crippen LogP contribution in [0.1, 0.15) is 17.2 Å². The Kier molecular flexibility index (Phi) is 6.43. The molecule has 1 unspecified atom stereocenters. The van der Waals surface area contributed by atoms with Gasteiger partial charge >= 0.3 is 0 Å². The second kappa shape index (κ2) is 9.44.